The van der Waals surface area contributed by atoms with E-state index in [9.17, 15) is 0 Å². The summed E-state index contributed by atoms with van der Waals surface area (Å²) in [5, 5.41) is 0. The van der Waals surface area contributed by atoms with Crippen LogP contribution in [0.1, 0.15) is 57.8 Å². The summed E-state index contributed by atoms with van der Waals surface area (Å²) in [7, 11) is -0.683. The maximum Gasteiger partial charge on any atom is 0.156 e. The van der Waals surface area contributed by atoms with E-state index in [1.807, 2.05) is 0 Å². The summed E-state index contributed by atoms with van der Waals surface area (Å²) >= 11 is 0. The Morgan fingerprint density at radius 2 is 1.40 bits per heavy atom. The smallest absolute Gasteiger partial charge is 0.156 e. The Hall–Kier alpha value is 0.177. The maximum atomic E-state index is 9.14. The van der Waals surface area contributed by atoms with E-state index < -0.39 is 9.76 Å². The fourth-order valence-electron chi connectivity index (χ4n) is 3.95. The Bertz CT molecular complexity index is 155. The lowest BCUT2D eigenvalue weighted by molar-refractivity contribution is 0.222. The van der Waals surface area contributed by atoms with Gasteiger partial charge in [0.2, 0.25) is 0 Å². The van der Waals surface area contributed by atoms with Gasteiger partial charge >= 0.3 is 0 Å². The minimum Gasteiger partial charge on any atom is -0.438 e. The maximum absolute atomic E-state index is 9.14. The molecule has 0 amide bonds. The molecule has 88 valence electrons. The molecule has 0 heterocycles. The van der Waals surface area contributed by atoms with Gasteiger partial charge in [0.15, 0.2) is 9.76 Å². The zero-order valence-electron chi connectivity index (χ0n) is 9.96. The SMILES string of the molecule is O[SiH2]CCC(C1CCCC1)C1CCCC1. The van der Waals surface area contributed by atoms with Crippen LogP contribution in [0.5, 0.6) is 0 Å². The van der Waals surface area contributed by atoms with Crippen LogP contribution in [0.2, 0.25) is 6.04 Å². The average molecular weight is 226 g/mol. The molecule has 15 heavy (non-hydrogen) atoms. The van der Waals surface area contributed by atoms with Crippen molar-refractivity contribution in [3.8, 4) is 0 Å². The molecule has 2 fully saturated rings. The topological polar surface area (TPSA) is 20.2 Å². The van der Waals surface area contributed by atoms with Crippen LogP contribution in [-0.4, -0.2) is 14.6 Å². The zero-order chi connectivity index (χ0) is 10.5. The zero-order valence-corrected chi connectivity index (χ0v) is 11.4. The van der Waals surface area contributed by atoms with Gasteiger partial charge < -0.3 is 4.80 Å². The van der Waals surface area contributed by atoms with Gasteiger partial charge in [-0.3, -0.25) is 0 Å². The van der Waals surface area contributed by atoms with Crippen LogP contribution in [0, 0.1) is 17.8 Å². The molecule has 0 aromatic heterocycles. The highest BCUT2D eigenvalue weighted by Gasteiger charge is 2.32. The fraction of sp³-hybridized carbons (Fsp3) is 1.00. The van der Waals surface area contributed by atoms with Crippen molar-refractivity contribution in [2.75, 3.05) is 0 Å². The van der Waals surface area contributed by atoms with E-state index in [1.54, 1.807) is 0 Å². The minimum atomic E-state index is -0.683. The highest BCUT2D eigenvalue weighted by atomic mass is 28.2. The van der Waals surface area contributed by atoms with E-state index in [-0.39, 0.29) is 0 Å². The van der Waals surface area contributed by atoms with Crippen LogP contribution in [0.4, 0.5) is 0 Å². The second-order valence-corrected chi connectivity index (χ2v) is 6.77. The highest BCUT2D eigenvalue weighted by Crippen LogP contribution is 2.43. The van der Waals surface area contributed by atoms with Crippen molar-refractivity contribution in [2.24, 2.45) is 17.8 Å². The highest BCUT2D eigenvalue weighted by molar-refractivity contribution is 6.25. The molecule has 0 aromatic carbocycles. The summed E-state index contributed by atoms with van der Waals surface area (Å²) in [5.74, 6) is 3.07. The largest absolute Gasteiger partial charge is 0.438 e. The molecule has 1 N–H and O–H groups in total. The van der Waals surface area contributed by atoms with Crippen molar-refractivity contribution in [1.29, 1.82) is 0 Å². The van der Waals surface area contributed by atoms with Gasteiger partial charge in [0.1, 0.15) is 0 Å². The van der Waals surface area contributed by atoms with Crippen molar-refractivity contribution >= 4 is 9.76 Å². The van der Waals surface area contributed by atoms with E-state index >= 15 is 0 Å². The Labute approximate surface area is 96.6 Å². The second kappa shape index (κ2) is 6.05. The van der Waals surface area contributed by atoms with Gasteiger partial charge in [0.25, 0.3) is 0 Å². The van der Waals surface area contributed by atoms with Crippen molar-refractivity contribution in [1.82, 2.24) is 0 Å². The van der Waals surface area contributed by atoms with Crippen LogP contribution in [0.3, 0.4) is 0 Å². The molecule has 2 rings (SSSR count). The summed E-state index contributed by atoms with van der Waals surface area (Å²) in [5.41, 5.74) is 0. The van der Waals surface area contributed by atoms with E-state index in [0.29, 0.717) is 0 Å². The van der Waals surface area contributed by atoms with Gasteiger partial charge in [-0.2, -0.15) is 0 Å². The average Bonchev–Trinajstić information content (AvgIpc) is 2.90. The molecule has 1 nitrogen and oxygen atoms in total. The van der Waals surface area contributed by atoms with E-state index in [0.717, 1.165) is 17.8 Å². The first-order valence-corrected chi connectivity index (χ1v) is 8.66. The first kappa shape index (κ1) is 11.7. The Balaban J connectivity index is 1.88. The van der Waals surface area contributed by atoms with Gasteiger partial charge in [0.05, 0.1) is 0 Å². The van der Waals surface area contributed by atoms with E-state index in [2.05, 4.69) is 0 Å². The van der Waals surface area contributed by atoms with Crippen LogP contribution in [-0.2, 0) is 0 Å². The van der Waals surface area contributed by atoms with Crippen LogP contribution in [0.15, 0.2) is 0 Å². The summed E-state index contributed by atoms with van der Waals surface area (Å²) < 4.78 is 0. The van der Waals surface area contributed by atoms with Gasteiger partial charge in [-0.1, -0.05) is 57.8 Å². The molecule has 2 aliphatic rings. The van der Waals surface area contributed by atoms with Crippen molar-refractivity contribution < 1.29 is 4.80 Å². The van der Waals surface area contributed by atoms with Gasteiger partial charge in [-0.25, -0.2) is 0 Å². The quantitative estimate of drug-likeness (QED) is 0.715. The first-order valence-electron chi connectivity index (χ1n) is 7.02. The normalized spacial score (nSPS) is 25.2. The van der Waals surface area contributed by atoms with Crippen LogP contribution in [0.25, 0.3) is 0 Å². The predicted molar refractivity (Wildman–Crippen MR) is 67.6 cm³/mol. The molecule has 2 aliphatic carbocycles. The van der Waals surface area contributed by atoms with Crippen LogP contribution < -0.4 is 0 Å². The molecule has 0 radical (unpaired) electrons. The molecule has 2 heteroatoms. The predicted octanol–water partition coefficient (Wildman–Crippen LogP) is 2.87. The summed E-state index contributed by atoms with van der Waals surface area (Å²) in [4.78, 5) is 9.14. The lowest BCUT2D eigenvalue weighted by atomic mass is 9.78. The number of hydrogen-bond donors (Lipinski definition) is 1. The second-order valence-electron chi connectivity index (χ2n) is 5.62. The third-order valence-corrected chi connectivity index (χ3v) is 5.43. The third-order valence-electron chi connectivity index (χ3n) is 4.71. The van der Waals surface area contributed by atoms with E-state index in [1.165, 1.54) is 63.8 Å². The van der Waals surface area contributed by atoms with Gasteiger partial charge in [-0.15, -0.1) is 0 Å². The molecule has 0 bridgehead atoms. The molecule has 2 saturated carbocycles. The fourth-order valence-corrected chi connectivity index (χ4v) is 4.61. The number of rotatable bonds is 5. The number of hydrogen-bond acceptors (Lipinski definition) is 1. The van der Waals surface area contributed by atoms with Crippen molar-refractivity contribution in [3.05, 3.63) is 0 Å². The lowest BCUT2D eigenvalue weighted by Crippen LogP contribution is -2.20. The van der Waals surface area contributed by atoms with Crippen molar-refractivity contribution in [3.63, 3.8) is 0 Å². The first-order chi connectivity index (χ1) is 7.42. The summed E-state index contributed by atoms with van der Waals surface area (Å²) in [6.07, 6.45) is 13.2. The Morgan fingerprint density at radius 3 is 1.80 bits per heavy atom. The molecule has 0 aliphatic heterocycles. The third kappa shape index (κ3) is 3.07. The van der Waals surface area contributed by atoms with Crippen LogP contribution >= 0.6 is 0 Å². The molecule has 0 saturated heterocycles. The summed E-state index contributed by atoms with van der Waals surface area (Å²) in [6, 6.07) is 1.18. The van der Waals surface area contributed by atoms with Gasteiger partial charge in [0, 0.05) is 0 Å². The molecule has 0 aromatic rings. The molecule has 0 spiro atoms. The van der Waals surface area contributed by atoms with Gasteiger partial charge in [-0.05, 0) is 23.8 Å². The Morgan fingerprint density at radius 1 is 0.933 bits per heavy atom. The molecule has 0 atom stereocenters. The Kier molecular flexibility index (Phi) is 4.70. The molecular weight excluding hydrogens is 200 g/mol. The lowest BCUT2D eigenvalue weighted by Gasteiger charge is -2.29. The molecule has 0 unspecified atom stereocenters. The summed E-state index contributed by atoms with van der Waals surface area (Å²) in [6.45, 7) is 0. The standard InChI is InChI=1S/C13H26OSi/c14-15-10-9-13(11-5-1-2-6-11)12-7-3-4-8-12/h11-14H,1-10,15H2. The monoisotopic (exact) mass is 226 g/mol. The minimum absolute atomic E-state index is 0.683. The molecular formula is C13H26OSi. The van der Waals surface area contributed by atoms with Crippen molar-refractivity contribution in [2.45, 2.75) is 63.8 Å². The van der Waals surface area contributed by atoms with E-state index in [4.69, 9.17) is 4.80 Å².